The zero-order valence-corrected chi connectivity index (χ0v) is 16.4. The number of allylic oxidation sites excluding steroid dienone is 2. The topological polar surface area (TPSA) is 6.48 Å². The van der Waals surface area contributed by atoms with Crippen LogP contribution in [0.5, 0.6) is 0 Å². The molecular formula is C24H16Cl2N2. The summed E-state index contributed by atoms with van der Waals surface area (Å²) < 4.78 is 0. The lowest BCUT2D eigenvalue weighted by Crippen LogP contribution is -2.40. The van der Waals surface area contributed by atoms with Crippen molar-refractivity contribution in [3.63, 3.8) is 0 Å². The average molecular weight is 403 g/mol. The third kappa shape index (κ3) is 2.65. The maximum absolute atomic E-state index is 6.85. The molecule has 2 aliphatic heterocycles. The molecule has 0 atom stereocenters. The smallest absolute Gasteiger partial charge is 0.148 e. The number of anilines is 1. The molecule has 2 heterocycles. The van der Waals surface area contributed by atoms with Gasteiger partial charge in [0.2, 0.25) is 0 Å². The van der Waals surface area contributed by atoms with Crippen molar-refractivity contribution in [3.05, 3.63) is 113 Å². The van der Waals surface area contributed by atoms with E-state index < -0.39 is 0 Å². The average Bonchev–Trinajstić information content (AvgIpc) is 2.77. The second kappa shape index (κ2) is 6.90. The van der Waals surface area contributed by atoms with Crippen LogP contribution in [0.4, 0.5) is 5.69 Å². The van der Waals surface area contributed by atoms with Gasteiger partial charge in [0.25, 0.3) is 0 Å². The highest BCUT2D eigenvalue weighted by atomic mass is 35.5. The molecule has 0 amide bonds. The van der Waals surface area contributed by atoms with E-state index in [-0.39, 0.29) is 0 Å². The highest BCUT2D eigenvalue weighted by Crippen LogP contribution is 2.48. The number of nitrogens with zero attached hydrogens (tertiary/aromatic N) is 2. The number of hydrogen-bond acceptors (Lipinski definition) is 2. The fourth-order valence-electron chi connectivity index (χ4n) is 3.70. The fourth-order valence-corrected chi connectivity index (χ4v) is 4.25. The van der Waals surface area contributed by atoms with Crippen molar-refractivity contribution in [2.24, 2.45) is 0 Å². The maximum Gasteiger partial charge on any atom is 0.148 e. The van der Waals surface area contributed by atoms with Crippen molar-refractivity contribution in [1.82, 2.24) is 5.01 Å². The molecule has 0 aromatic heterocycles. The van der Waals surface area contributed by atoms with Gasteiger partial charge in [-0.2, -0.15) is 0 Å². The van der Waals surface area contributed by atoms with E-state index in [0.717, 1.165) is 33.6 Å². The van der Waals surface area contributed by atoms with E-state index in [2.05, 4.69) is 47.5 Å². The van der Waals surface area contributed by atoms with Crippen molar-refractivity contribution in [3.8, 4) is 11.1 Å². The van der Waals surface area contributed by atoms with Crippen LogP contribution in [0.3, 0.4) is 0 Å². The van der Waals surface area contributed by atoms with Crippen LogP contribution in [0.15, 0.2) is 102 Å². The van der Waals surface area contributed by atoms with Crippen molar-refractivity contribution in [2.45, 2.75) is 0 Å². The molecule has 3 aromatic rings. The molecule has 4 heteroatoms. The van der Waals surface area contributed by atoms with Gasteiger partial charge in [0.1, 0.15) is 5.16 Å². The zero-order chi connectivity index (χ0) is 19.1. The van der Waals surface area contributed by atoms with Crippen molar-refractivity contribution < 1.29 is 0 Å². The number of fused-ring (bicyclic) bond motifs is 3. The summed E-state index contributed by atoms with van der Waals surface area (Å²) >= 11 is 13.7. The Bertz CT molecular complexity index is 1130. The summed E-state index contributed by atoms with van der Waals surface area (Å²) in [4.78, 5) is 0. The first-order chi connectivity index (χ1) is 13.8. The van der Waals surface area contributed by atoms with Crippen molar-refractivity contribution >= 4 is 39.6 Å². The Kier molecular flexibility index (Phi) is 4.23. The first kappa shape index (κ1) is 17.2. The number of halogens is 2. The van der Waals surface area contributed by atoms with Crippen molar-refractivity contribution in [1.29, 1.82) is 0 Å². The molecule has 2 nitrogen and oxygen atoms in total. The van der Waals surface area contributed by atoms with Crippen LogP contribution in [0, 0.1) is 0 Å². The lowest BCUT2D eigenvalue weighted by atomic mass is 9.96. The first-order valence-corrected chi connectivity index (χ1v) is 9.78. The predicted molar refractivity (Wildman–Crippen MR) is 118 cm³/mol. The summed E-state index contributed by atoms with van der Waals surface area (Å²) in [5, 5.41) is 5.04. The summed E-state index contributed by atoms with van der Waals surface area (Å²) in [6, 6.07) is 26.6. The molecule has 0 aliphatic carbocycles. The first-order valence-electron chi connectivity index (χ1n) is 9.03. The lowest BCUT2D eigenvalue weighted by Gasteiger charge is -2.43. The lowest BCUT2D eigenvalue weighted by molar-refractivity contribution is 0.514. The molecule has 28 heavy (non-hydrogen) atoms. The minimum absolute atomic E-state index is 0.483. The van der Waals surface area contributed by atoms with Gasteiger partial charge in [-0.25, -0.2) is 5.01 Å². The number of benzene rings is 3. The molecule has 0 bridgehead atoms. The minimum Gasteiger partial charge on any atom is -0.255 e. The molecule has 0 saturated carbocycles. The third-order valence-corrected chi connectivity index (χ3v) is 5.77. The number of hydrogen-bond donors (Lipinski definition) is 0. The Morgan fingerprint density at radius 3 is 2.07 bits per heavy atom. The molecule has 0 radical (unpaired) electrons. The molecule has 3 aromatic carbocycles. The van der Waals surface area contributed by atoms with Crippen LogP contribution in [0.25, 0.3) is 21.9 Å². The highest BCUT2D eigenvalue weighted by Gasteiger charge is 2.33. The van der Waals surface area contributed by atoms with Gasteiger partial charge >= 0.3 is 0 Å². The largest absolute Gasteiger partial charge is 0.255 e. The Morgan fingerprint density at radius 2 is 1.36 bits per heavy atom. The van der Waals surface area contributed by atoms with Crippen molar-refractivity contribution in [2.75, 3.05) is 5.01 Å². The highest BCUT2D eigenvalue weighted by molar-refractivity contribution is 6.56. The molecule has 0 fully saturated rings. The molecule has 136 valence electrons. The van der Waals surface area contributed by atoms with Crippen LogP contribution in [-0.4, -0.2) is 5.01 Å². The van der Waals surface area contributed by atoms with Crippen LogP contribution >= 0.6 is 23.2 Å². The maximum atomic E-state index is 6.85. The standard InChI is InChI=1S/C24H16Cl2N2/c25-23-22-19(17-9-3-1-4-10-17)13-7-14-21(22)27-16-8-15-20(28(27)24(23)26)18-11-5-2-6-12-18/h1-16H. The Morgan fingerprint density at radius 1 is 0.679 bits per heavy atom. The molecule has 0 spiro atoms. The molecule has 0 saturated heterocycles. The van der Waals surface area contributed by atoms with Gasteiger partial charge in [-0.15, -0.1) is 0 Å². The SMILES string of the molecule is ClC1=C(Cl)N2C(c3ccccc3)=CC=CN2c2cccc(-c3ccccc3)c21. The Balaban J connectivity index is 1.71. The van der Waals surface area contributed by atoms with Crippen LogP contribution in [-0.2, 0) is 0 Å². The monoisotopic (exact) mass is 402 g/mol. The minimum atomic E-state index is 0.483. The Labute approximate surface area is 174 Å². The summed E-state index contributed by atoms with van der Waals surface area (Å²) in [6.07, 6.45) is 6.08. The summed E-state index contributed by atoms with van der Waals surface area (Å²) in [6.45, 7) is 0. The second-order valence-electron chi connectivity index (χ2n) is 6.59. The normalized spacial score (nSPS) is 15.3. The molecule has 0 unspecified atom stereocenters. The van der Waals surface area contributed by atoms with E-state index in [0.29, 0.717) is 10.2 Å². The molecule has 5 rings (SSSR count). The van der Waals surface area contributed by atoms with E-state index in [1.54, 1.807) is 0 Å². The summed E-state index contributed by atoms with van der Waals surface area (Å²) in [5.74, 6) is 0. The fraction of sp³-hybridized carbons (Fsp3) is 0. The van der Waals surface area contributed by atoms with Gasteiger partial charge in [-0.3, -0.25) is 5.01 Å². The summed E-state index contributed by atoms with van der Waals surface area (Å²) in [7, 11) is 0. The number of rotatable bonds is 2. The van der Waals surface area contributed by atoms with E-state index >= 15 is 0 Å². The van der Waals surface area contributed by atoms with Crippen LogP contribution < -0.4 is 5.01 Å². The zero-order valence-electron chi connectivity index (χ0n) is 14.9. The second-order valence-corrected chi connectivity index (χ2v) is 7.32. The predicted octanol–water partition coefficient (Wildman–Crippen LogP) is 7.06. The van der Waals surface area contributed by atoms with Gasteiger partial charge < -0.3 is 0 Å². The quantitative estimate of drug-likeness (QED) is 0.423. The number of hydrazine groups is 1. The van der Waals surface area contributed by atoms with Gasteiger partial charge in [-0.1, -0.05) is 96.0 Å². The molecule has 0 N–H and O–H groups in total. The molecule has 2 aliphatic rings. The molecular weight excluding hydrogens is 387 g/mol. The van der Waals surface area contributed by atoms with Gasteiger partial charge in [0.05, 0.1) is 16.4 Å². The van der Waals surface area contributed by atoms with Crippen LogP contribution in [0.2, 0.25) is 0 Å². The third-order valence-electron chi connectivity index (χ3n) is 4.96. The van der Waals surface area contributed by atoms with Gasteiger partial charge in [0, 0.05) is 17.3 Å². The van der Waals surface area contributed by atoms with E-state index in [4.69, 9.17) is 23.2 Å². The van der Waals surface area contributed by atoms with E-state index in [1.165, 1.54) is 0 Å². The van der Waals surface area contributed by atoms with E-state index in [9.17, 15) is 0 Å². The van der Waals surface area contributed by atoms with Gasteiger partial charge in [0.15, 0.2) is 0 Å². The van der Waals surface area contributed by atoms with Crippen LogP contribution in [0.1, 0.15) is 11.1 Å². The summed E-state index contributed by atoms with van der Waals surface area (Å²) in [5.41, 5.74) is 6.15. The van der Waals surface area contributed by atoms with E-state index in [1.807, 2.05) is 59.8 Å². The van der Waals surface area contributed by atoms with Gasteiger partial charge in [-0.05, 0) is 29.3 Å². The Hall–Kier alpha value is -2.94.